The van der Waals surface area contributed by atoms with Crippen LogP contribution in [0.25, 0.3) is 0 Å². The SMILES string of the molecule is CCS(=O)(=O)N[C@@H]1[C@H](CC2=CC=CC(c3cccc(F)c3)C2(F)F)N(C(=O)C2CC(F)C2)CC1(F)F. The molecule has 36 heavy (non-hydrogen) atoms. The number of hydrogen-bond donors (Lipinski definition) is 1. The summed E-state index contributed by atoms with van der Waals surface area (Å²) >= 11 is 0. The zero-order valence-corrected chi connectivity index (χ0v) is 20.1. The number of rotatable bonds is 7. The van der Waals surface area contributed by atoms with E-state index in [2.05, 4.69) is 0 Å². The number of halogens is 6. The molecule has 1 saturated heterocycles. The third kappa shape index (κ3) is 5.06. The summed E-state index contributed by atoms with van der Waals surface area (Å²) in [4.78, 5) is 13.7. The molecule has 1 N–H and O–H groups in total. The standard InChI is InChI=1S/C24H26F6N2O3S/c1-2-36(34,35)31-21-20(32(13-23(21,27)28)22(33)15-10-18(26)11-15)12-16-6-4-8-19(24(16,29)30)14-5-3-7-17(25)9-14/h3-9,15,18-21,31H,2,10-13H2,1H3/t15?,18?,19?,20-,21+/m0/s1. The van der Waals surface area contributed by atoms with E-state index in [-0.39, 0.29) is 18.4 Å². The Kier molecular flexibility index (Phi) is 7.06. The molecule has 12 heteroatoms. The predicted molar refractivity (Wildman–Crippen MR) is 120 cm³/mol. The number of hydrogen-bond acceptors (Lipinski definition) is 3. The van der Waals surface area contributed by atoms with Gasteiger partial charge in [-0.25, -0.2) is 39.5 Å². The van der Waals surface area contributed by atoms with Gasteiger partial charge in [0.2, 0.25) is 15.9 Å². The summed E-state index contributed by atoms with van der Waals surface area (Å²) in [5.41, 5.74) is -0.629. The zero-order chi connectivity index (χ0) is 26.5. The normalized spacial score (nSPS) is 31.1. The molecular weight excluding hydrogens is 510 g/mol. The maximum absolute atomic E-state index is 15.6. The molecule has 5 nitrogen and oxygen atoms in total. The van der Waals surface area contributed by atoms with E-state index in [1.165, 1.54) is 25.1 Å². The number of carbonyl (C=O) groups excluding carboxylic acids is 1. The highest BCUT2D eigenvalue weighted by atomic mass is 32.2. The lowest BCUT2D eigenvalue weighted by atomic mass is 9.80. The topological polar surface area (TPSA) is 66.5 Å². The van der Waals surface area contributed by atoms with Crippen molar-refractivity contribution in [1.82, 2.24) is 9.62 Å². The molecule has 3 atom stereocenters. The smallest absolute Gasteiger partial charge is 0.283 e. The van der Waals surface area contributed by atoms with Crippen LogP contribution in [0.5, 0.6) is 0 Å². The fourth-order valence-electron chi connectivity index (χ4n) is 4.96. The van der Waals surface area contributed by atoms with Gasteiger partial charge in [-0.15, -0.1) is 0 Å². The highest BCUT2D eigenvalue weighted by molar-refractivity contribution is 7.89. The Morgan fingerprint density at radius 3 is 2.50 bits per heavy atom. The minimum atomic E-state index is -4.20. The summed E-state index contributed by atoms with van der Waals surface area (Å²) in [5, 5.41) is 0. The Morgan fingerprint density at radius 1 is 1.19 bits per heavy atom. The molecule has 0 spiro atoms. The molecule has 2 fully saturated rings. The quantitative estimate of drug-likeness (QED) is 0.528. The molecule has 1 heterocycles. The molecule has 0 aromatic heterocycles. The molecule has 1 aliphatic heterocycles. The Labute approximate surface area is 205 Å². The van der Waals surface area contributed by atoms with Crippen LogP contribution >= 0.6 is 0 Å². The highest BCUT2D eigenvalue weighted by Gasteiger charge is 2.59. The van der Waals surface area contributed by atoms with Crippen LogP contribution in [-0.2, 0) is 14.8 Å². The van der Waals surface area contributed by atoms with E-state index in [1.807, 2.05) is 4.72 Å². The van der Waals surface area contributed by atoms with Gasteiger partial charge in [0.1, 0.15) is 18.0 Å². The van der Waals surface area contributed by atoms with Gasteiger partial charge in [-0.3, -0.25) is 4.79 Å². The molecule has 1 aromatic carbocycles. The number of benzene rings is 1. The van der Waals surface area contributed by atoms with Gasteiger partial charge < -0.3 is 4.90 Å². The van der Waals surface area contributed by atoms with Crippen molar-refractivity contribution < 1.29 is 39.6 Å². The largest absolute Gasteiger partial charge is 0.331 e. The lowest BCUT2D eigenvalue weighted by Crippen LogP contribution is -2.53. The Morgan fingerprint density at radius 2 is 1.89 bits per heavy atom. The van der Waals surface area contributed by atoms with E-state index in [9.17, 15) is 22.0 Å². The van der Waals surface area contributed by atoms with Crippen molar-refractivity contribution in [3.05, 3.63) is 59.4 Å². The van der Waals surface area contributed by atoms with Crippen LogP contribution in [0.1, 0.15) is 37.7 Å². The van der Waals surface area contributed by atoms with Crippen LogP contribution in [-0.4, -0.2) is 61.6 Å². The molecule has 4 rings (SSSR count). The first kappa shape index (κ1) is 26.7. The van der Waals surface area contributed by atoms with Gasteiger partial charge in [-0.1, -0.05) is 30.4 Å². The molecular formula is C24H26F6N2O3S. The van der Waals surface area contributed by atoms with Gasteiger partial charge in [-0.2, -0.15) is 0 Å². The zero-order valence-electron chi connectivity index (χ0n) is 19.3. The summed E-state index contributed by atoms with van der Waals surface area (Å²) in [6, 6.07) is 0.857. The van der Waals surface area contributed by atoms with E-state index in [1.54, 1.807) is 0 Å². The summed E-state index contributed by atoms with van der Waals surface area (Å²) in [5.74, 6) is -11.9. The summed E-state index contributed by atoms with van der Waals surface area (Å²) < 4.78 is 115. The molecule has 1 saturated carbocycles. The molecule has 0 radical (unpaired) electrons. The molecule has 2 aliphatic carbocycles. The van der Waals surface area contributed by atoms with Crippen LogP contribution in [0.4, 0.5) is 26.3 Å². The third-order valence-corrected chi connectivity index (χ3v) is 8.45. The number of carbonyl (C=O) groups is 1. The van der Waals surface area contributed by atoms with Crippen LogP contribution in [0.2, 0.25) is 0 Å². The lowest BCUT2D eigenvalue weighted by Gasteiger charge is -2.37. The van der Waals surface area contributed by atoms with Crippen molar-refractivity contribution >= 4 is 15.9 Å². The van der Waals surface area contributed by atoms with E-state index in [0.717, 1.165) is 24.3 Å². The first-order chi connectivity index (χ1) is 16.7. The molecule has 1 unspecified atom stereocenters. The van der Waals surface area contributed by atoms with Crippen LogP contribution in [0, 0.1) is 11.7 Å². The number of alkyl halides is 5. The monoisotopic (exact) mass is 536 g/mol. The van der Waals surface area contributed by atoms with E-state index >= 15 is 17.6 Å². The lowest BCUT2D eigenvalue weighted by molar-refractivity contribution is -0.142. The van der Waals surface area contributed by atoms with Crippen molar-refractivity contribution in [3.8, 4) is 0 Å². The molecule has 1 aromatic rings. The number of nitrogens with zero attached hydrogens (tertiary/aromatic N) is 1. The van der Waals surface area contributed by atoms with Crippen LogP contribution in [0.15, 0.2) is 48.1 Å². The summed E-state index contributed by atoms with van der Waals surface area (Å²) in [6.45, 7) is 0.0537. The van der Waals surface area contributed by atoms with Crippen molar-refractivity contribution in [2.75, 3.05) is 12.3 Å². The third-order valence-electron chi connectivity index (χ3n) is 7.08. The number of sulfonamides is 1. The minimum absolute atomic E-state index is 0.0294. The Bertz CT molecular complexity index is 1180. The molecule has 0 bridgehead atoms. The molecule has 3 aliphatic rings. The maximum Gasteiger partial charge on any atom is 0.283 e. The van der Waals surface area contributed by atoms with Crippen molar-refractivity contribution in [3.63, 3.8) is 0 Å². The molecule has 198 valence electrons. The van der Waals surface area contributed by atoms with E-state index < -0.39 is 88.0 Å². The second kappa shape index (κ2) is 9.51. The minimum Gasteiger partial charge on any atom is -0.331 e. The summed E-state index contributed by atoms with van der Waals surface area (Å²) in [7, 11) is -4.20. The second-order valence-electron chi connectivity index (χ2n) is 9.50. The average molecular weight is 537 g/mol. The summed E-state index contributed by atoms with van der Waals surface area (Å²) in [6.07, 6.45) is 1.17. The first-order valence-corrected chi connectivity index (χ1v) is 13.2. The van der Waals surface area contributed by atoms with Gasteiger partial charge in [0.05, 0.1) is 24.3 Å². The van der Waals surface area contributed by atoms with Crippen LogP contribution in [0.3, 0.4) is 0 Å². The van der Waals surface area contributed by atoms with Gasteiger partial charge in [0.25, 0.3) is 11.8 Å². The Balaban J connectivity index is 1.68. The fraction of sp³-hybridized carbons (Fsp3) is 0.542. The average Bonchev–Trinajstić information content (AvgIpc) is 3.02. The van der Waals surface area contributed by atoms with Crippen molar-refractivity contribution in [2.45, 2.75) is 62.2 Å². The number of amides is 1. The van der Waals surface area contributed by atoms with Gasteiger partial charge in [0.15, 0.2) is 0 Å². The van der Waals surface area contributed by atoms with Gasteiger partial charge >= 0.3 is 0 Å². The molecule has 1 amide bonds. The van der Waals surface area contributed by atoms with Gasteiger partial charge in [0, 0.05) is 11.5 Å². The Hall–Kier alpha value is -2.34. The first-order valence-electron chi connectivity index (χ1n) is 11.6. The number of nitrogens with one attached hydrogen (secondary N) is 1. The van der Waals surface area contributed by atoms with Crippen molar-refractivity contribution in [2.24, 2.45) is 5.92 Å². The van der Waals surface area contributed by atoms with E-state index in [0.29, 0.717) is 4.90 Å². The van der Waals surface area contributed by atoms with Crippen LogP contribution < -0.4 is 4.72 Å². The van der Waals surface area contributed by atoms with Crippen molar-refractivity contribution in [1.29, 1.82) is 0 Å². The predicted octanol–water partition coefficient (Wildman–Crippen LogP) is 4.33. The maximum atomic E-state index is 15.6. The van der Waals surface area contributed by atoms with E-state index in [4.69, 9.17) is 0 Å². The highest BCUT2D eigenvalue weighted by Crippen LogP contribution is 2.47. The second-order valence-corrected chi connectivity index (χ2v) is 11.5. The van der Waals surface area contributed by atoms with Gasteiger partial charge in [-0.05, 0) is 43.9 Å². The fourth-order valence-corrected chi connectivity index (χ4v) is 5.85. The number of likely N-dealkylation sites (tertiary alicyclic amines) is 1. The number of allylic oxidation sites excluding steroid dienone is 3.